The Labute approximate surface area is 126 Å². The molecule has 0 unspecified atom stereocenters. The second-order valence-electron chi connectivity index (χ2n) is 5.97. The molecule has 3 N–H and O–H groups in total. The van der Waals surface area contributed by atoms with Gasteiger partial charge >= 0.3 is 0 Å². The maximum absolute atomic E-state index is 12.6. The second kappa shape index (κ2) is 6.34. The minimum Gasteiger partial charge on any atom is -0.399 e. The molecule has 1 heterocycles. The predicted octanol–water partition coefficient (Wildman–Crippen LogP) is 1.93. The van der Waals surface area contributed by atoms with Crippen molar-refractivity contribution in [2.45, 2.75) is 38.0 Å². The van der Waals surface area contributed by atoms with Gasteiger partial charge in [-0.3, -0.25) is 0 Å². The van der Waals surface area contributed by atoms with Crippen molar-refractivity contribution in [2.75, 3.05) is 25.5 Å². The number of nitrogens with one attached hydrogen (secondary N) is 1. The molecule has 0 bridgehead atoms. The number of rotatable bonds is 5. The summed E-state index contributed by atoms with van der Waals surface area (Å²) in [5.74, 6) is 0. The van der Waals surface area contributed by atoms with Gasteiger partial charge in [0.2, 0.25) is 10.0 Å². The van der Waals surface area contributed by atoms with Crippen LogP contribution < -0.4 is 10.5 Å². The molecule has 1 aliphatic heterocycles. The van der Waals surface area contributed by atoms with Crippen molar-refractivity contribution in [2.24, 2.45) is 5.41 Å². The van der Waals surface area contributed by atoms with Crippen LogP contribution in [0.1, 0.15) is 32.3 Å². The fourth-order valence-electron chi connectivity index (χ4n) is 2.50. The van der Waals surface area contributed by atoms with Gasteiger partial charge in [0.15, 0.2) is 0 Å². The van der Waals surface area contributed by atoms with E-state index < -0.39 is 10.0 Å². The zero-order valence-corrected chi connectivity index (χ0v) is 13.5. The number of aryl methyl sites for hydroxylation is 1. The Kier molecular flexibility index (Phi) is 4.91. The van der Waals surface area contributed by atoms with E-state index in [0.717, 1.165) is 18.4 Å². The van der Waals surface area contributed by atoms with Crippen molar-refractivity contribution in [3.05, 3.63) is 23.8 Å². The monoisotopic (exact) mass is 312 g/mol. The summed E-state index contributed by atoms with van der Waals surface area (Å²) >= 11 is 0. The molecule has 1 fully saturated rings. The average molecular weight is 312 g/mol. The smallest absolute Gasteiger partial charge is 0.240 e. The third-order valence-electron chi connectivity index (χ3n) is 4.15. The summed E-state index contributed by atoms with van der Waals surface area (Å²) in [6.07, 6.45) is 2.39. The van der Waals surface area contributed by atoms with E-state index in [1.807, 2.05) is 6.92 Å². The first kappa shape index (κ1) is 16.3. The summed E-state index contributed by atoms with van der Waals surface area (Å²) < 4.78 is 33.2. The minimum absolute atomic E-state index is 0.0436. The predicted molar refractivity (Wildman–Crippen MR) is 83.6 cm³/mol. The summed E-state index contributed by atoms with van der Waals surface area (Å²) in [6, 6.07) is 5.05. The highest BCUT2D eigenvalue weighted by Gasteiger charge is 2.29. The number of nitrogens with two attached hydrogens (primary N) is 1. The zero-order chi connectivity index (χ0) is 15.5. The maximum Gasteiger partial charge on any atom is 0.240 e. The van der Waals surface area contributed by atoms with Gasteiger partial charge < -0.3 is 10.5 Å². The highest BCUT2D eigenvalue weighted by molar-refractivity contribution is 7.89. The van der Waals surface area contributed by atoms with Gasteiger partial charge in [-0.25, -0.2) is 13.1 Å². The molecule has 1 aliphatic rings. The number of hydrogen-bond donors (Lipinski definition) is 2. The topological polar surface area (TPSA) is 81.4 Å². The van der Waals surface area contributed by atoms with Gasteiger partial charge in [-0.05, 0) is 42.4 Å². The zero-order valence-electron chi connectivity index (χ0n) is 12.7. The molecule has 1 aromatic carbocycles. The molecule has 118 valence electrons. The fraction of sp³-hybridized carbons (Fsp3) is 0.600. The van der Waals surface area contributed by atoms with Crippen LogP contribution in [0, 0.1) is 5.41 Å². The van der Waals surface area contributed by atoms with Gasteiger partial charge in [0.1, 0.15) is 0 Å². The largest absolute Gasteiger partial charge is 0.399 e. The van der Waals surface area contributed by atoms with Crippen LogP contribution in [0.15, 0.2) is 23.1 Å². The van der Waals surface area contributed by atoms with Crippen molar-refractivity contribution in [3.63, 3.8) is 0 Å². The van der Waals surface area contributed by atoms with Crippen LogP contribution in [-0.2, 0) is 21.2 Å². The van der Waals surface area contributed by atoms with Crippen molar-refractivity contribution < 1.29 is 13.2 Å². The minimum atomic E-state index is -3.53. The first-order valence-electron chi connectivity index (χ1n) is 7.32. The van der Waals surface area contributed by atoms with E-state index in [4.69, 9.17) is 10.5 Å². The molecular weight excluding hydrogens is 288 g/mol. The van der Waals surface area contributed by atoms with Crippen molar-refractivity contribution in [1.29, 1.82) is 0 Å². The van der Waals surface area contributed by atoms with Crippen LogP contribution in [0.2, 0.25) is 0 Å². The van der Waals surface area contributed by atoms with Crippen molar-refractivity contribution in [1.82, 2.24) is 4.72 Å². The SMILES string of the molecule is CCc1ccc(N)cc1S(=O)(=O)NCC1(C)CCOCC1. The van der Waals surface area contributed by atoms with Gasteiger partial charge in [0.25, 0.3) is 0 Å². The third kappa shape index (κ3) is 3.96. The fourth-order valence-corrected chi connectivity index (χ4v) is 4.04. The molecule has 0 atom stereocenters. The number of nitrogen functional groups attached to an aromatic ring is 1. The lowest BCUT2D eigenvalue weighted by atomic mass is 9.83. The molecule has 0 saturated carbocycles. The lowest BCUT2D eigenvalue weighted by molar-refractivity contribution is 0.0264. The van der Waals surface area contributed by atoms with Crippen LogP contribution in [0.4, 0.5) is 5.69 Å². The molecule has 0 aliphatic carbocycles. The normalized spacial score (nSPS) is 18.6. The Morgan fingerprint density at radius 1 is 1.33 bits per heavy atom. The Morgan fingerprint density at radius 3 is 2.62 bits per heavy atom. The summed E-state index contributed by atoms with van der Waals surface area (Å²) in [6.45, 7) is 5.84. The molecule has 0 amide bonds. The van der Waals surface area contributed by atoms with E-state index in [2.05, 4.69) is 11.6 Å². The van der Waals surface area contributed by atoms with E-state index in [9.17, 15) is 8.42 Å². The summed E-state index contributed by atoms with van der Waals surface area (Å²) in [5, 5.41) is 0. The number of benzene rings is 1. The van der Waals surface area contributed by atoms with E-state index in [-0.39, 0.29) is 5.41 Å². The van der Waals surface area contributed by atoms with Crippen LogP contribution in [0.3, 0.4) is 0 Å². The second-order valence-corrected chi connectivity index (χ2v) is 7.70. The van der Waals surface area contributed by atoms with Crippen molar-refractivity contribution in [3.8, 4) is 0 Å². The molecule has 1 aromatic rings. The van der Waals surface area contributed by atoms with Crippen LogP contribution >= 0.6 is 0 Å². The third-order valence-corrected chi connectivity index (χ3v) is 5.63. The first-order chi connectivity index (χ1) is 9.86. The Bertz CT molecular complexity index is 593. The lowest BCUT2D eigenvalue weighted by Crippen LogP contribution is -2.39. The number of sulfonamides is 1. The van der Waals surface area contributed by atoms with Crippen molar-refractivity contribution >= 4 is 15.7 Å². The molecule has 6 heteroatoms. The molecule has 5 nitrogen and oxygen atoms in total. The van der Waals surface area contributed by atoms with Crippen LogP contribution in [0.5, 0.6) is 0 Å². The molecule has 0 radical (unpaired) electrons. The highest BCUT2D eigenvalue weighted by Crippen LogP contribution is 2.29. The molecule has 0 aromatic heterocycles. The summed E-state index contributed by atoms with van der Waals surface area (Å²) in [4.78, 5) is 0.292. The molecule has 0 spiro atoms. The lowest BCUT2D eigenvalue weighted by Gasteiger charge is -2.33. The molecular formula is C15H24N2O3S. The Balaban J connectivity index is 2.17. The van der Waals surface area contributed by atoms with E-state index in [1.165, 1.54) is 6.07 Å². The summed E-state index contributed by atoms with van der Waals surface area (Å²) in [5.41, 5.74) is 6.94. The van der Waals surface area contributed by atoms with Gasteiger partial charge in [-0.2, -0.15) is 0 Å². The van der Waals surface area contributed by atoms with Gasteiger partial charge in [-0.1, -0.05) is 19.9 Å². The van der Waals surface area contributed by atoms with Gasteiger partial charge in [0, 0.05) is 25.4 Å². The number of hydrogen-bond acceptors (Lipinski definition) is 4. The van der Waals surface area contributed by atoms with E-state index >= 15 is 0 Å². The summed E-state index contributed by atoms with van der Waals surface area (Å²) in [7, 11) is -3.53. The average Bonchev–Trinajstić information content (AvgIpc) is 2.46. The first-order valence-corrected chi connectivity index (χ1v) is 8.80. The van der Waals surface area contributed by atoms with Crippen LogP contribution in [0.25, 0.3) is 0 Å². The molecule has 1 saturated heterocycles. The number of anilines is 1. The Morgan fingerprint density at radius 2 is 2.00 bits per heavy atom. The molecule has 21 heavy (non-hydrogen) atoms. The maximum atomic E-state index is 12.6. The highest BCUT2D eigenvalue weighted by atomic mass is 32.2. The van der Waals surface area contributed by atoms with Gasteiger partial charge in [0.05, 0.1) is 4.90 Å². The molecule has 2 rings (SSSR count). The Hall–Kier alpha value is -1.11. The standard InChI is InChI=1S/C15H24N2O3S/c1-3-12-4-5-13(16)10-14(12)21(18,19)17-11-15(2)6-8-20-9-7-15/h4-5,10,17H,3,6-9,11,16H2,1-2H3. The van der Waals surface area contributed by atoms with Gasteiger partial charge in [-0.15, -0.1) is 0 Å². The van der Waals surface area contributed by atoms with E-state index in [0.29, 0.717) is 36.8 Å². The van der Waals surface area contributed by atoms with Crippen LogP contribution in [-0.4, -0.2) is 28.2 Å². The van der Waals surface area contributed by atoms with E-state index in [1.54, 1.807) is 12.1 Å². The number of ether oxygens (including phenoxy) is 1. The quantitative estimate of drug-likeness (QED) is 0.814.